The number of rotatable bonds is 4. The van der Waals surface area contributed by atoms with Crippen molar-refractivity contribution >= 4 is 59.0 Å². The summed E-state index contributed by atoms with van der Waals surface area (Å²) in [5.74, 6) is -2.03. The third-order valence-electron chi connectivity index (χ3n) is 11.4. The Bertz CT molecular complexity index is 1730. The number of hydrogen-bond acceptors (Lipinski definition) is 9. The van der Waals surface area contributed by atoms with Gasteiger partial charge in [0.25, 0.3) is 0 Å². The van der Waals surface area contributed by atoms with Crippen LogP contribution in [-0.2, 0) is 28.7 Å². The van der Waals surface area contributed by atoms with Gasteiger partial charge in [-0.2, -0.15) is 13.2 Å². The van der Waals surface area contributed by atoms with E-state index in [-0.39, 0.29) is 70.7 Å². The van der Waals surface area contributed by atoms with E-state index in [0.29, 0.717) is 18.3 Å². The number of imide groups is 1. The summed E-state index contributed by atoms with van der Waals surface area (Å²) >= 11 is 9.53. The molecule has 6 bridgehead atoms. The minimum atomic E-state index is -4.92. The maximum Gasteiger partial charge on any atom is 0.471 e. The molecule has 0 spiro atoms. The van der Waals surface area contributed by atoms with Crippen LogP contribution in [0.1, 0.15) is 60.8 Å². The van der Waals surface area contributed by atoms with E-state index >= 15 is 0 Å². The Hall–Kier alpha value is -3.83. The maximum absolute atomic E-state index is 12.3. The number of nitrogens with one attached hydrogen (secondary N) is 3. The van der Waals surface area contributed by atoms with Gasteiger partial charge in [0.15, 0.2) is 0 Å². The Kier molecular flexibility index (Phi) is 18.0. The zero-order valence-corrected chi connectivity index (χ0v) is 39.2. The number of ether oxygens (including phenoxy) is 2. The Morgan fingerprint density at radius 3 is 1.45 bits per heavy atom. The van der Waals surface area contributed by atoms with Crippen LogP contribution in [0.15, 0.2) is 36.5 Å². The molecule has 14 nitrogen and oxygen atoms in total. The van der Waals surface area contributed by atoms with E-state index in [9.17, 15) is 41.9 Å². The Labute approximate surface area is 373 Å². The average Bonchev–Trinajstić information content (AvgIpc) is 3.99. The highest BCUT2D eigenvalue weighted by atomic mass is 35.5. The van der Waals surface area contributed by atoms with Gasteiger partial charge >= 0.3 is 24.3 Å². The number of fused-ring (bicyclic) bond motifs is 9. The Morgan fingerprint density at radius 1 is 0.677 bits per heavy atom. The standard InChI is InChI=1S/C15H24N2O3.C13H17NO3.C12H15F3N2O2.C2H7N.CH2Cl2/c1-15(2,3)20-14(19)16-12-10-7-6-9(8-10)11(12)13(18)17(4)5;1-13(2,3)17-12(16)14-10-8-5-4-7(6-8)9(10)11(14)15;1-17(2)10(18)8-6-3-4-7(5-6)9(8)16-11(19)12(13,14)15;1-3-2;2-1-3/h6-7,9-12H,8H2,1-5H3,(H,16,19);4-5,7-10H,6H2,1-3H3;3-4,6-9H,5H2,1-2H3,(H,16,19);3H,1-2H3;1H2. The summed E-state index contributed by atoms with van der Waals surface area (Å²) in [4.78, 5) is 75.5. The normalized spacial score (nSPS) is 31.0. The van der Waals surface area contributed by atoms with Crippen molar-refractivity contribution in [1.82, 2.24) is 30.7 Å². The number of amides is 6. The molecule has 19 heteroatoms. The smallest absolute Gasteiger partial charge is 0.444 e. The molecular formula is C43H65Cl2F3N6O8. The highest BCUT2D eigenvalue weighted by molar-refractivity contribution is 6.40. The number of β-lactam (4-membered cyclic amide) rings is 1. The number of carbonyl (C=O) groups is 6. The van der Waals surface area contributed by atoms with Gasteiger partial charge < -0.3 is 35.2 Å². The van der Waals surface area contributed by atoms with Gasteiger partial charge in [0, 0.05) is 34.2 Å². The molecule has 12 unspecified atom stereocenters. The molecule has 6 amide bonds. The van der Waals surface area contributed by atoms with E-state index < -0.39 is 47.4 Å². The largest absolute Gasteiger partial charge is 0.471 e. The molecule has 7 aliphatic rings. The van der Waals surface area contributed by atoms with E-state index in [4.69, 9.17) is 32.7 Å². The van der Waals surface area contributed by atoms with E-state index in [1.54, 1.807) is 39.2 Å². The van der Waals surface area contributed by atoms with Gasteiger partial charge in [-0.05, 0) is 110 Å². The van der Waals surface area contributed by atoms with E-state index in [0.717, 1.165) is 12.8 Å². The van der Waals surface area contributed by atoms with Crippen molar-refractivity contribution in [3.8, 4) is 0 Å². The highest BCUT2D eigenvalue weighted by Gasteiger charge is 2.63. The fraction of sp³-hybridized carbons (Fsp3) is 0.721. The molecule has 3 saturated carbocycles. The minimum Gasteiger partial charge on any atom is -0.444 e. The zero-order valence-electron chi connectivity index (χ0n) is 37.7. The second-order valence-electron chi connectivity index (χ2n) is 18.8. The fourth-order valence-corrected chi connectivity index (χ4v) is 9.21. The zero-order chi connectivity index (χ0) is 47.2. The fourth-order valence-electron chi connectivity index (χ4n) is 9.21. The lowest BCUT2D eigenvalue weighted by atomic mass is 9.80. The molecule has 1 heterocycles. The quantitative estimate of drug-likeness (QED) is 0.176. The van der Waals surface area contributed by atoms with Crippen LogP contribution in [-0.4, -0.2) is 134 Å². The van der Waals surface area contributed by atoms with Crippen molar-refractivity contribution in [3.63, 3.8) is 0 Å². The molecule has 1 saturated heterocycles. The lowest BCUT2D eigenvalue weighted by Crippen LogP contribution is -2.65. The van der Waals surface area contributed by atoms with Crippen LogP contribution in [0.4, 0.5) is 22.8 Å². The number of hydrogen-bond donors (Lipinski definition) is 3. The molecular weight excluding hydrogens is 856 g/mol. The number of halogens is 5. The first-order chi connectivity index (χ1) is 28.6. The molecule has 3 N–H and O–H groups in total. The first-order valence-electron chi connectivity index (χ1n) is 20.7. The van der Waals surface area contributed by atoms with Crippen molar-refractivity contribution in [2.24, 2.45) is 53.3 Å². The maximum atomic E-state index is 12.3. The van der Waals surface area contributed by atoms with Gasteiger partial charge in [0.2, 0.25) is 17.7 Å². The van der Waals surface area contributed by atoms with Gasteiger partial charge in [-0.1, -0.05) is 36.5 Å². The lowest BCUT2D eigenvalue weighted by molar-refractivity contribution is -0.175. The summed E-state index contributed by atoms with van der Waals surface area (Å²) in [5, 5.41) is 7.81. The number of likely N-dealkylation sites (tertiary alicyclic amines) is 1. The van der Waals surface area contributed by atoms with Crippen LogP contribution in [0.25, 0.3) is 0 Å². The van der Waals surface area contributed by atoms with Crippen molar-refractivity contribution in [2.45, 2.75) is 96.3 Å². The van der Waals surface area contributed by atoms with Crippen LogP contribution in [0, 0.1) is 53.3 Å². The average molecular weight is 922 g/mol. The topological polar surface area (TPSA) is 167 Å². The predicted octanol–water partition coefficient (Wildman–Crippen LogP) is 5.95. The molecule has 0 aromatic rings. The van der Waals surface area contributed by atoms with Gasteiger partial charge in [-0.15, -0.1) is 23.2 Å². The van der Waals surface area contributed by atoms with Crippen LogP contribution >= 0.6 is 23.2 Å². The van der Waals surface area contributed by atoms with Crippen molar-refractivity contribution in [2.75, 3.05) is 47.6 Å². The third-order valence-corrected chi connectivity index (χ3v) is 11.4. The molecule has 7 rings (SSSR count). The minimum absolute atomic E-state index is 0.0394. The molecule has 4 fully saturated rings. The summed E-state index contributed by atoms with van der Waals surface area (Å²) < 4.78 is 47.5. The predicted molar refractivity (Wildman–Crippen MR) is 230 cm³/mol. The molecule has 0 aromatic carbocycles. The van der Waals surface area contributed by atoms with Crippen LogP contribution in [0.3, 0.4) is 0 Å². The Morgan fingerprint density at radius 2 is 1.05 bits per heavy atom. The lowest BCUT2D eigenvalue weighted by Gasteiger charge is -2.46. The van der Waals surface area contributed by atoms with Crippen molar-refractivity contribution < 1.29 is 51.4 Å². The molecule has 0 aromatic heterocycles. The number of alkyl carbamates (subject to hydrolysis) is 1. The number of alkyl halides is 5. The first-order valence-corrected chi connectivity index (χ1v) is 21.8. The summed E-state index contributed by atoms with van der Waals surface area (Å²) in [6.07, 6.45) is 8.82. The number of carbonyl (C=O) groups excluding carboxylic acids is 6. The SMILES string of the molecule is CC(C)(C)OC(=O)N1C(=O)C2C3C=CC(C3)C21.CN(C)C(=O)C1C2C=CC(C2)C1NC(=O)C(F)(F)F.CN(C)C(=O)C1C2C=CC(C2)C1NC(=O)OC(C)(C)C.CNC.ClCCl. The second kappa shape index (κ2) is 21.2. The van der Waals surface area contributed by atoms with E-state index in [1.165, 1.54) is 9.80 Å². The van der Waals surface area contributed by atoms with Gasteiger partial charge in [-0.3, -0.25) is 19.2 Å². The summed E-state index contributed by atoms with van der Waals surface area (Å²) in [5.41, 5.74) is -1.07. The van der Waals surface area contributed by atoms with Crippen LogP contribution in [0.2, 0.25) is 0 Å². The molecule has 0 radical (unpaired) electrons. The number of nitrogens with zero attached hydrogens (tertiary/aromatic N) is 3. The van der Waals surface area contributed by atoms with Gasteiger partial charge in [0.1, 0.15) is 11.2 Å². The molecule has 62 heavy (non-hydrogen) atoms. The van der Waals surface area contributed by atoms with Crippen molar-refractivity contribution in [1.29, 1.82) is 0 Å². The summed E-state index contributed by atoms with van der Waals surface area (Å²) in [6, 6.07) is -0.860. The molecule has 6 aliphatic carbocycles. The van der Waals surface area contributed by atoms with Gasteiger partial charge in [0.05, 0.1) is 35.2 Å². The molecule has 12 atom stereocenters. The summed E-state index contributed by atoms with van der Waals surface area (Å²) in [7, 11) is 10.4. The van der Waals surface area contributed by atoms with Crippen LogP contribution in [0.5, 0.6) is 0 Å². The molecule has 1 aliphatic heterocycles. The highest BCUT2D eigenvalue weighted by Crippen LogP contribution is 2.53. The second-order valence-corrected chi connectivity index (χ2v) is 19.6. The Balaban J connectivity index is 0.000000233. The van der Waals surface area contributed by atoms with Gasteiger partial charge in [-0.25, -0.2) is 14.5 Å². The summed E-state index contributed by atoms with van der Waals surface area (Å²) in [6.45, 7) is 10.9. The number of allylic oxidation sites excluding steroid dienone is 3. The van der Waals surface area contributed by atoms with E-state index in [2.05, 4.69) is 34.9 Å². The monoisotopic (exact) mass is 920 g/mol. The molecule has 350 valence electrons. The first kappa shape index (κ1) is 52.5. The van der Waals surface area contributed by atoms with Crippen molar-refractivity contribution in [3.05, 3.63) is 36.5 Å². The van der Waals surface area contributed by atoms with Crippen LogP contribution < -0.4 is 16.0 Å². The van der Waals surface area contributed by atoms with E-state index in [1.807, 2.05) is 67.0 Å². The third kappa shape index (κ3) is 12.9.